The fraction of sp³-hybridized carbons (Fsp3) is 0.778. The fourth-order valence-electron chi connectivity index (χ4n) is 2.25. The maximum Gasteiger partial charge on any atom is 0.310 e. The molecule has 2 rings (SSSR count). The molecule has 0 heterocycles. The number of rotatable bonds is 2. The summed E-state index contributed by atoms with van der Waals surface area (Å²) in [5, 5.41) is 0. The van der Waals surface area contributed by atoms with Crippen LogP contribution in [0.1, 0.15) is 12.8 Å². The molecular formula is C9H12O4. The van der Waals surface area contributed by atoms with Crippen LogP contribution in [0.25, 0.3) is 0 Å². The summed E-state index contributed by atoms with van der Waals surface area (Å²) in [6, 6.07) is 0. The zero-order valence-electron chi connectivity index (χ0n) is 7.70. The Balaban J connectivity index is 2.08. The van der Waals surface area contributed by atoms with Gasteiger partial charge in [0.15, 0.2) is 0 Å². The van der Waals surface area contributed by atoms with Crippen LogP contribution in [-0.2, 0) is 19.1 Å². The molecule has 0 aromatic rings. The molecule has 2 fully saturated rings. The van der Waals surface area contributed by atoms with Crippen molar-refractivity contribution in [2.24, 2.45) is 17.3 Å². The largest absolute Gasteiger partial charge is 0.469 e. The Morgan fingerprint density at radius 3 is 1.69 bits per heavy atom. The van der Waals surface area contributed by atoms with E-state index in [0.717, 1.165) is 12.8 Å². The third-order valence-corrected chi connectivity index (χ3v) is 3.20. The molecule has 2 saturated carbocycles. The molecule has 13 heavy (non-hydrogen) atoms. The SMILES string of the molecule is COC(=O)[C@H]1[C@H](C(=O)OC)C12CC2. The highest BCUT2D eigenvalue weighted by molar-refractivity contribution is 5.90. The minimum Gasteiger partial charge on any atom is -0.469 e. The number of carbonyl (C=O) groups is 2. The lowest BCUT2D eigenvalue weighted by Crippen LogP contribution is -2.10. The number of ether oxygens (including phenoxy) is 2. The molecule has 0 unspecified atom stereocenters. The van der Waals surface area contributed by atoms with Crippen LogP contribution < -0.4 is 0 Å². The Kier molecular flexibility index (Phi) is 1.62. The van der Waals surface area contributed by atoms with Gasteiger partial charge in [-0.3, -0.25) is 9.59 Å². The molecule has 2 aliphatic rings. The zero-order valence-corrected chi connectivity index (χ0v) is 7.70. The van der Waals surface area contributed by atoms with E-state index in [-0.39, 0.29) is 29.2 Å². The molecule has 2 aliphatic carbocycles. The number of carbonyl (C=O) groups excluding carboxylic acids is 2. The van der Waals surface area contributed by atoms with Gasteiger partial charge in [0.25, 0.3) is 0 Å². The van der Waals surface area contributed by atoms with Gasteiger partial charge in [-0.15, -0.1) is 0 Å². The maximum atomic E-state index is 11.2. The second-order valence-corrected chi connectivity index (χ2v) is 3.73. The number of hydrogen-bond acceptors (Lipinski definition) is 4. The van der Waals surface area contributed by atoms with Crippen LogP contribution in [0.5, 0.6) is 0 Å². The average Bonchev–Trinajstić information content (AvgIpc) is 3.04. The molecule has 72 valence electrons. The van der Waals surface area contributed by atoms with Crippen molar-refractivity contribution in [3.05, 3.63) is 0 Å². The Morgan fingerprint density at radius 1 is 1.08 bits per heavy atom. The molecule has 1 spiro atoms. The summed E-state index contributed by atoms with van der Waals surface area (Å²) in [7, 11) is 2.70. The van der Waals surface area contributed by atoms with E-state index >= 15 is 0 Å². The van der Waals surface area contributed by atoms with Crippen LogP contribution in [0.15, 0.2) is 0 Å². The minimum absolute atomic E-state index is 0.0693. The number of hydrogen-bond donors (Lipinski definition) is 0. The van der Waals surface area contributed by atoms with Crippen LogP contribution in [0.3, 0.4) is 0 Å². The van der Waals surface area contributed by atoms with Gasteiger partial charge in [0.05, 0.1) is 26.1 Å². The van der Waals surface area contributed by atoms with Gasteiger partial charge >= 0.3 is 11.9 Å². The first-order valence-electron chi connectivity index (χ1n) is 4.33. The second kappa shape index (κ2) is 2.47. The van der Waals surface area contributed by atoms with E-state index in [2.05, 4.69) is 9.47 Å². The predicted molar refractivity (Wildman–Crippen MR) is 42.7 cm³/mol. The van der Waals surface area contributed by atoms with E-state index in [1.807, 2.05) is 0 Å². The highest BCUT2D eigenvalue weighted by atomic mass is 16.5. The Morgan fingerprint density at radius 2 is 1.46 bits per heavy atom. The topological polar surface area (TPSA) is 52.6 Å². The van der Waals surface area contributed by atoms with Gasteiger partial charge in [0.1, 0.15) is 0 Å². The van der Waals surface area contributed by atoms with Crippen molar-refractivity contribution in [1.29, 1.82) is 0 Å². The van der Waals surface area contributed by atoms with Crippen molar-refractivity contribution in [1.82, 2.24) is 0 Å². The normalized spacial score (nSPS) is 32.5. The van der Waals surface area contributed by atoms with E-state index in [1.54, 1.807) is 0 Å². The summed E-state index contributed by atoms with van der Waals surface area (Å²) in [5.74, 6) is -1.00. The lowest BCUT2D eigenvalue weighted by atomic mass is 10.3. The van der Waals surface area contributed by atoms with Gasteiger partial charge in [-0.05, 0) is 18.3 Å². The quantitative estimate of drug-likeness (QED) is 0.581. The molecule has 2 atom stereocenters. The van der Waals surface area contributed by atoms with Gasteiger partial charge in [0, 0.05) is 0 Å². The number of esters is 2. The molecule has 0 bridgehead atoms. The van der Waals surface area contributed by atoms with Crippen LogP contribution in [0, 0.1) is 17.3 Å². The third kappa shape index (κ3) is 0.975. The van der Waals surface area contributed by atoms with E-state index < -0.39 is 0 Å². The van der Waals surface area contributed by atoms with Crippen LogP contribution in [0.4, 0.5) is 0 Å². The molecule has 0 amide bonds. The molecule has 0 aromatic heterocycles. The highest BCUT2D eigenvalue weighted by Gasteiger charge is 2.78. The fourth-order valence-corrected chi connectivity index (χ4v) is 2.25. The highest BCUT2D eigenvalue weighted by Crippen LogP contribution is 2.75. The maximum absolute atomic E-state index is 11.2. The molecule has 0 aliphatic heterocycles. The van der Waals surface area contributed by atoms with Gasteiger partial charge < -0.3 is 9.47 Å². The first kappa shape index (κ1) is 8.53. The lowest BCUT2D eigenvalue weighted by molar-refractivity contribution is -0.148. The van der Waals surface area contributed by atoms with Crippen molar-refractivity contribution in [3.8, 4) is 0 Å². The second-order valence-electron chi connectivity index (χ2n) is 3.73. The Bertz CT molecular complexity index is 243. The van der Waals surface area contributed by atoms with Crippen LogP contribution in [0.2, 0.25) is 0 Å². The smallest absolute Gasteiger partial charge is 0.310 e. The summed E-state index contributed by atoms with van der Waals surface area (Å²) < 4.78 is 9.26. The van der Waals surface area contributed by atoms with E-state index in [9.17, 15) is 9.59 Å². The first-order valence-corrected chi connectivity index (χ1v) is 4.33. The van der Waals surface area contributed by atoms with Crippen molar-refractivity contribution in [2.45, 2.75) is 12.8 Å². The number of methoxy groups -OCH3 is 2. The molecule has 4 heteroatoms. The standard InChI is InChI=1S/C9H12O4/c1-12-7(10)5-6(8(11)13-2)9(5)3-4-9/h5-6H,3-4H2,1-2H3/t5-,6-/m1/s1. The van der Waals surface area contributed by atoms with Crippen molar-refractivity contribution < 1.29 is 19.1 Å². The van der Waals surface area contributed by atoms with Gasteiger partial charge in [-0.1, -0.05) is 0 Å². The van der Waals surface area contributed by atoms with Crippen LogP contribution >= 0.6 is 0 Å². The Hall–Kier alpha value is -1.06. The zero-order chi connectivity index (χ0) is 9.64. The van der Waals surface area contributed by atoms with E-state index in [1.165, 1.54) is 14.2 Å². The predicted octanol–water partition coefficient (Wildman–Crippen LogP) is 0.359. The monoisotopic (exact) mass is 184 g/mol. The third-order valence-electron chi connectivity index (χ3n) is 3.20. The molecule has 0 aromatic carbocycles. The van der Waals surface area contributed by atoms with Crippen molar-refractivity contribution in [2.75, 3.05) is 14.2 Å². The molecular weight excluding hydrogens is 172 g/mol. The summed E-state index contributed by atoms with van der Waals surface area (Å²) >= 11 is 0. The Labute approximate surface area is 76.2 Å². The average molecular weight is 184 g/mol. The van der Waals surface area contributed by atoms with Gasteiger partial charge in [-0.25, -0.2) is 0 Å². The van der Waals surface area contributed by atoms with Gasteiger partial charge in [0.2, 0.25) is 0 Å². The summed E-state index contributed by atoms with van der Waals surface area (Å²) in [6.07, 6.45) is 1.90. The molecule has 0 saturated heterocycles. The van der Waals surface area contributed by atoms with Crippen LogP contribution in [-0.4, -0.2) is 26.2 Å². The van der Waals surface area contributed by atoms with E-state index in [4.69, 9.17) is 0 Å². The van der Waals surface area contributed by atoms with Gasteiger partial charge in [-0.2, -0.15) is 0 Å². The van der Waals surface area contributed by atoms with Crippen molar-refractivity contribution in [3.63, 3.8) is 0 Å². The summed E-state index contributed by atoms with van der Waals surface area (Å²) in [4.78, 5) is 22.5. The molecule has 4 nitrogen and oxygen atoms in total. The van der Waals surface area contributed by atoms with E-state index in [0.29, 0.717) is 0 Å². The lowest BCUT2D eigenvalue weighted by Gasteiger charge is -1.95. The first-order chi connectivity index (χ1) is 6.17. The summed E-state index contributed by atoms with van der Waals surface area (Å²) in [5.41, 5.74) is -0.0693. The minimum atomic E-state index is -0.270. The van der Waals surface area contributed by atoms with Crippen molar-refractivity contribution >= 4 is 11.9 Å². The molecule has 0 radical (unpaired) electrons. The molecule has 0 N–H and O–H groups in total. The summed E-state index contributed by atoms with van der Waals surface area (Å²) in [6.45, 7) is 0.